The molecule has 0 aromatic carbocycles. The highest BCUT2D eigenvalue weighted by molar-refractivity contribution is 7.97. The van der Waals surface area contributed by atoms with Crippen LogP contribution in [0.2, 0.25) is 0 Å². The SMILES string of the molecule is CCOc1ccn(SC)n1. The number of rotatable bonds is 3. The first-order valence-corrected chi connectivity index (χ1v) is 4.28. The molecule has 3 nitrogen and oxygen atoms in total. The monoisotopic (exact) mass is 158 g/mol. The molecule has 1 rings (SSSR count). The third-order valence-electron chi connectivity index (χ3n) is 1.02. The van der Waals surface area contributed by atoms with Crippen LogP contribution in [0, 0.1) is 0 Å². The molecule has 0 spiro atoms. The Labute approximate surface area is 64.5 Å². The fraction of sp³-hybridized carbons (Fsp3) is 0.500. The van der Waals surface area contributed by atoms with Crippen LogP contribution in [0.1, 0.15) is 6.92 Å². The van der Waals surface area contributed by atoms with E-state index in [2.05, 4.69) is 5.10 Å². The summed E-state index contributed by atoms with van der Waals surface area (Å²) in [5.74, 6) is 0.692. The molecule has 0 aliphatic carbocycles. The summed E-state index contributed by atoms with van der Waals surface area (Å²) < 4.78 is 6.90. The molecule has 0 saturated heterocycles. The Balaban J connectivity index is 2.59. The van der Waals surface area contributed by atoms with Gasteiger partial charge >= 0.3 is 0 Å². The summed E-state index contributed by atoms with van der Waals surface area (Å²) in [5.41, 5.74) is 0. The number of aromatic nitrogens is 2. The molecule has 4 heteroatoms. The van der Waals surface area contributed by atoms with Gasteiger partial charge in [-0.1, -0.05) is 0 Å². The van der Waals surface area contributed by atoms with Gasteiger partial charge in [0.15, 0.2) is 0 Å². The largest absolute Gasteiger partial charge is 0.477 e. The van der Waals surface area contributed by atoms with Gasteiger partial charge in [0.1, 0.15) is 0 Å². The van der Waals surface area contributed by atoms with Crippen LogP contribution < -0.4 is 4.74 Å². The number of hydrogen-bond acceptors (Lipinski definition) is 3. The van der Waals surface area contributed by atoms with Crippen LogP contribution in [0.25, 0.3) is 0 Å². The molecule has 0 saturated carbocycles. The maximum absolute atomic E-state index is 5.14. The van der Waals surface area contributed by atoms with Crippen molar-refractivity contribution in [2.24, 2.45) is 0 Å². The lowest BCUT2D eigenvalue weighted by Gasteiger charge is -1.94. The predicted molar refractivity (Wildman–Crippen MR) is 42.3 cm³/mol. The van der Waals surface area contributed by atoms with Gasteiger partial charge in [-0.05, 0) is 18.9 Å². The molecule has 0 radical (unpaired) electrons. The predicted octanol–water partition coefficient (Wildman–Crippen LogP) is 1.41. The quantitative estimate of drug-likeness (QED) is 0.665. The zero-order chi connectivity index (χ0) is 7.40. The highest BCUT2D eigenvalue weighted by Gasteiger charge is 1.95. The molecular formula is C6H10N2OS. The second-order valence-electron chi connectivity index (χ2n) is 1.67. The van der Waals surface area contributed by atoms with Crippen molar-refractivity contribution in [3.05, 3.63) is 12.3 Å². The van der Waals surface area contributed by atoms with E-state index in [4.69, 9.17) is 4.74 Å². The third kappa shape index (κ3) is 1.67. The van der Waals surface area contributed by atoms with Crippen molar-refractivity contribution in [3.8, 4) is 5.88 Å². The minimum absolute atomic E-state index is 0.672. The fourth-order valence-electron chi connectivity index (χ4n) is 0.618. The molecular weight excluding hydrogens is 148 g/mol. The molecule has 0 unspecified atom stereocenters. The Hall–Kier alpha value is -0.640. The lowest BCUT2D eigenvalue weighted by Crippen LogP contribution is -1.92. The molecule has 0 amide bonds. The van der Waals surface area contributed by atoms with E-state index in [1.807, 2.05) is 25.4 Å². The Bertz CT molecular complexity index is 199. The number of ether oxygens (including phenoxy) is 1. The van der Waals surface area contributed by atoms with Gasteiger partial charge in [0.05, 0.1) is 6.61 Å². The van der Waals surface area contributed by atoms with Crippen LogP contribution in [-0.4, -0.2) is 22.0 Å². The van der Waals surface area contributed by atoms with Crippen molar-refractivity contribution in [2.75, 3.05) is 12.9 Å². The minimum atomic E-state index is 0.672. The van der Waals surface area contributed by atoms with Crippen LogP contribution in [0.15, 0.2) is 12.3 Å². The van der Waals surface area contributed by atoms with E-state index in [1.54, 1.807) is 16.0 Å². The first-order chi connectivity index (χ1) is 4.86. The molecule has 56 valence electrons. The van der Waals surface area contributed by atoms with Crippen molar-refractivity contribution >= 4 is 11.9 Å². The van der Waals surface area contributed by atoms with Gasteiger partial charge in [-0.25, -0.2) is 4.09 Å². The summed E-state index contributed by atoms with van der Waals surface area (Å²) in [5, 5.41) is 4.08. The van der Waals surface area contributed by atoms with Gasteiger partial charge in [0.2, 0.25) is 5.88 Å². The third-order valence-corrected chi connectivity index (χ3v) is 1.60. The topological polar surface area (TPSA) is 27.1 Å². The van der Waals surface area contributed by atoms with Gasteiger partial charge < -0.3 is 4.74 Å². The van der Waals surface area contributed by atoms with Crippen LogP contribution in [0.3, 0.4) is 0 Å². The summed E-state index contributed by atoms with van der Waals surface area (Å²) in [6.45, 7) is 2.61. The highest BCUT2D eigenvalue weighted by atomic mass is 32.2. The fourth-order valence-corrected chi connectivity index (χ4v) is 0.963. The van der Waals surface area contributed by atoms with E-state index < -0.39 is 0 Å². The Morgan fingerprint density at radius 3 is 3.10 bits per heavy atom. The second-order valence-corrected chi connectivity index (χ2v) is 2.41. The van der Waals surface area contributed by atoms with Gasteiger partial charge in [-0.3, -0.25) is 0 Å². The Morgan fingerprint density at radius 2 is 2.60 bits per heavy atom. The average Bonchev–Trinajstić information content (AvgIpc) is 2.37. The summed E-state index contributed by atoms with van der Waals surface area (Å²) in [7, 11) is 0. The zero-order valence-corrected chi connectivity index (χ0v) is 6.89. The molecule has 1 aromatic heterocycles. The molecule has 1 aromatic rings. The summed E-state index contributed by atoms with van der Waals surface area (Å²) in [4.78, 5) is 0. The van der Waals surface area contributed by atoms with Gasteiger partial charge in [0.25, 0.3) is 0 Å². The van der Waals surface area contributed by atoms with Crippen molar-refractivity contribution in [3.63, 3.8) is 0 Å². The van der Waals surface area contributed by atoms with Crippen LogP contribution in [0.4, 0.5) is 0 Å². The molecule has 0 aliphatic heterocycles. The van der Waals surface area contributed by atoms with Gasteiger partial charge in [-0.15, -0.1) is 5.10 Å². The van der Waals surface area contributed by atoms with Crippen molar-refractivity contribution < 1.29 is 4.74 Å². The molecule has 1 heterocycles. The van der Waals surface area contributed by atoms with E-state index in [0.29, 0.717) is 12.5 Å². The van der Waals surface area contributed by atoms with E-state index in [-0.39, 0.29) is 0 Å². The maximum Gasteiger partial charge on any atom is 0.233 e. The lowest BCUT2D eigenvalue weighted by atomic mass is 10.7. The second kappa shape index (κ2) is 3.51. The first-order valence-electron chi connectivity index (χ1n) is 3.09. The zero-order valence-electron chi connectivity index (χ0n) is 6.07. The minimum Gasteiger partial charge on any atom is -0.477 e. The smallest absolute Gasteiger partial charge is 0.233 e. The summed E-state index contributed by atoms with van der Waals surface area (Å²) >= 11 is 1.54. The molecule has 0 aliphatic rings. The van der Waals surface area contributed by atoms with E-state index in [1.165, 1.54) is 0 Å². The van der Waals surface area contributed by atoms with E-state index in [9.17, 15) is 0 Å². The van der Waals surface area contributed by atoms with Crippen molar-refractivity contribution in [1.82, 2.24) is 9.19 Å². The molecule has 10 heavy (non-hydrogen) atoms. The standard InChI is InChI=1S/C6H10N2OS/c1-3-9-6-4-5-8(7-6)10-2/h4-5H,3H2,1-2H3. The number of nitrogens with zero attached hydrogens (tertiary/aromatic N) is 2. The highest BCUT2D eigenvalue weighted by Crippen LogP contribution is 2.08. The van der Waals surface area contributed by atoms with E-state index >= 15 is 0 Å². The Morgan fingerprint density at radius 1 is 1.80 bits per heavy atom. The maximum atomic E-state index is 5.14. The molecule has 0 atom stereocenters. The van der Waals surface area contributed by atoms with Crippen molar-refractivity contribution in [2.45, 2.75) is 6.92 Å². The molecule has 0 N–H and O–H groups in total. The van der Waals surface area contributed by atoms with Crippen molar-refractivity contribution in [1.29, 1.82) is 0 Å². The van der Waals surface area contributed by atoms with Gasteiger partial charge in [0, 0.05) is 18.5 Å². The Kier molecular flexibility index (Phi) is 2.62. The van der Waals surface area contributed by atoms with Crippen LogP contribution in [-0.2, 0) is 0 Å². The average molecular weight is 158 g/mol. The van der Waals surface area contributed by atoms with Crippen LogP contribution in [0.5, 0.6) is 5.88 Å². The first kappa shape index (κ1) is 7.47. The summed E-state index contributed by atoms with van der Waals surface area (Å²) in [6, 6.07) is 1.85. The number of hydrogen-bond donors (Lipinski definition) is 0. The normalized spacial score (nSPS) is 9.80. The molecule has 0 bridgehead atoms. The molecule has 0 fully saturated rings. The van der Waals surface area contributed by atoms with Crippen LogP contribution >= 0.6 is 11.9 Å². The lowest BCUT2D eigenvalue weighted by molar-refractivity contribution is 0.325. The van der Waals surface area contributed by atoms with E-state index in [0.717, 1.165) is 0 Å². The summed E-state index contributed by atoms with van der Waals surface area (Å²) in [6.07, 6.45) is 3.83. The van der Waals surface area contributed by atoms with Gasteiger partial charge in [-0.2, -0.15) is 0 Å².